The first-order valence-electron chi connectivity index (χ1n) is 4.99. The van der Waals surface area contributed by atoms with Gasteiger partial charge in [-0.1, -0.05) is 6.92 Å². The SMILES string of the molecule is CC(CN)C(=O)Nc1ccc(Br)c(C(=O)O)c1. The van der Waals surface area contributed by atoms with Gasteiger partial charge >= 0.3 is 5.97 Å². The third-order valence-corrected chi connectivity index (χ3v) is 2.96. The van der Waals surface area contributed by atoms with Crippen molar-refractivity contribution in [3.8, 4) is 0 Å². The molecule has 0 aromatic heterocycles. The number of carboxylic acid groups (broad SMARTS) is 1. The van der Waals surface area contributed by atoms with Crippen molar-refractivity contribution in [2.75, 3.05) is 11.9 Å². The molecule has 1 aromatic carbocycles. The third-order valence-electron chi connectivity index (χ3n) is 2.27. The van der Waals surface area contributed by atoms with Crippen molar-refractivity contribution in [2.24, 2.45) is 11.7 Å². The summed E-state index contributed by atoms with van der Waals surface area (Å²) in [5.74, 6) is -1.60. The Balaban J connectivity index is 2.90. The molecule has 0 spiro atoms. The van der Waals surface area contributed by atoms with E-state index in [0.29, 0.717) is 10.2 Å². The number of carbonyl (C=O) groups is 2. The van der Waals surface area contributed by atoms with Gasteiger partial charge in [0, 0.05) is 22.6 Å². The molecular weight excluding hydrogens is 288 g/mol. The maximum Gasteiger partial charge on any atom is 0.336 e. The van der Waals surface area contributed by atoms with Crippen LogP contribution in [-0.4, -0.2) is 23.5 Å². The molecule has 1 atom stereocenters. The first kappa shape index (κ1) is 13.7. The normalized spacial score (nSPS) is 11.9. The Morgan fingerprint density at radius 1 is 1.53 bits per heavy atom. The van der Waals surface area contributed by atoms with Gasteiger partial charge in [-0.25, -0.2) is 4.79 Å². The molecule has 0 fully saturated rings. The summed E-state index contributed by atoms with van der Waals surface area (Å²) in [6.45, 7) is 1.94. The number of amides is 1. The fourth-order valence-electron chi connectivity index (χ4n) is 1.14. The van der Waals surface area contributed by atoms with Gasteiger partial charge in [-0.05, 0) is 34.1 Å². The number of nitrogens with one attached hydrogen (secondary N) is 1. The Bertz CT molecular complexity index is 448. The lowest BCUT2D eigenvalue weighted by Crippen LogP contribution is -2.26. The first-order chi connectivity index (χ1) is 7.95. The fraction of sp³-hybridized carbons (Fsp3) is 0.273. The lowest BCUT2D eigenvalue weighted by Gasteiger charge is -2.10. The minimum Gasteiger partial charge on any atom is -0.478 e. The van der Waals surface area contributed by atoms with Crippen molar-refractivity contribution in [3.63, 3.8) is 0 Å². The van der Waals surface area contributed by atoms with E-state index >= 15 is 0 Å². The molecule has 4 N–H and O–H groups in total. The molecule has 17 heavy (non-hydrogen) atoms. The largest absolute Gasteiger partial charge is 0.478 e. The highest BCUT2D eigenvalue weighted by atomic mass is 79.9. The number of halogens is 1. The minimum atomic E-state index is -1.06. The van der Waals surface area contributed by atoms with Crippen LogP contribution in [0, 0.1) is 5.92 Å². The Kier molecular flexibility index (Phi) is 4.65. The molecule has 0 heterocycles. The van der Waals surface area contributed by atoms with Crippen LogP contribution in [0.4, 0.5) is 5.69 Å². The molecular formula is C11H13BrN2O3. The van der Waals surface area contributed by atoms with Gasteiger partial charge in [-0.15, -0.1) is 0 Å². The average molecular weight is 301 g/mol. The van der Waals surface area contributed by atoms with Gasteiger partial charge in [0.1, 0.15) is 0 Å². The molecule has 1 unspecified atom stereocenters. The van der Waals surface area contributed by atoms with Gasteiger partial charge in [0.25, 0.3) is 0 Å². The molecule has 0 aliphatic heterocycles. The van der Waals surface area contributed by atoms with Crippen LogP contribution in [0.2, 0.25) is 0 Å². The topological polar surface area (TPSA) is 92.4 Å². The van der Waals surface area contributed by atoms with Gasteiger partial charge in [0.05, 0.1) is 5.56 Å². The monoisotopic (exact) mass is 300 g/mol. The molecule has 1 amide bonds. The van der Waals surface area contributed by atoms with Gasteiger partial charge < -0.3 is 16.2 Å². The summed E-state index contributed by atoms with van der Waals surface area (Å²) < 4.78 is 0.467. The van der Waals surface area contributed by atoms with E-state index in [2.05, 4.69) is 21.2 Å². The van der Waals surface area contributed by atoms with Crippen molar-refractivity contribution in [1.82, 2.24) is 0 Å². The maximum atomic E-state index is 11.6. The van der Waals surface area contributed by atoms with Crippen molar-refractivity contribution in [1.29, 1.82) is 0 Å². The smallest absolute Gasteiger partial charge is 0.336 e. The van der Waals surface area contributed by atoms with Crippen LogP contribution in [-0.2, 0) is 4.79 Å². The Hall–Kier alpha value is -1.40. The molecule has 1 aromatic rings. The second-order valence-electron chi connectivity index (χ2n) is 3.63. The fourth-order valence-corrected chi connectivity index (χ4v) is 1.56. The zero-order valence-corrected chi connectivity index (χ0v) is 10.8. The predicted molar refractivity (Wildman–Crippen MR) is 67.9 cm³/mol. The molecule has 0 saturated heterocycles. The summed E-state index contributed by atoms with van der Waals surface area (Å²) in [6, 6.07) is 4.59. The van der Waals surface area contributed by atoms with E-state index in [-0.39, 0.29) is 23.9 Å². The zero-order valence-electron chi connectivity index (χ0n) is 9.24. The van der Waals surface area contributed by atoms with Crippen molar-refractivity contribution >= 4 is 33.5 Å². The third kappa shape index (κ3) is 3.54. The molecule has 6 heteroatoms. The Labute approximate surface area is 107 Å². The second kappa shape index (κ2) is 5.79. The summed E-state index contributed by atoms with van der Waals surface area (Å²) in [4.78, 5) is 22.4. The summed E-state index contributed by atoms with van der Waals surface area (Å²) >= 11 is 3.13. The minimum absolute atomic E-state index is 0.100. The summed E-state index contributed by atoms with van der Waals surface area (Å²) in [5.41, 5.74) is 5.91. The van der Waals surface area contributed by atoms with Gasteiger partial charge in [-0.3, -0.25) is 4.79 Å². The first-order valence-corrected chi connectivity index (χ1v) is 5.78. The molecule has 1 rings (SSSR count). The number of benzene rings is 1. The molecule has 92 valence electrons. The van der Waals surface area contributed by atoms with Crippen LogP contribution in [0.1, 0.15) is 17.3 Å². The van der Waals surface area contributed by atoms with Gasteiger partial charge in [0.15, 0.2) is 0 Å². The summed E-state index contributed by atoms with van der Waals surface area (Å²) in [5, 5.41) is 11.5. The van der Waals surface area contributed by atoms with Crippen LogP contribution in [0.3, 0.4) is 0 Å². The molecule has 0 bridgehead atoms. The quantitative estimate of drug-likeness (QED) is 0.789. The van der Waals surface area contributed by atoms with Crippen molar-refractivity contribution in [2.45, 2.75) is 6.92 Å². The molecule has 0 aliphatic carbocycles. The summed E-state index contributed by atoms with van der Waals surface area (Å²) in [7, 11) is 0. The highest BCUT2D eigenvalue weighted by Crippen LogP contribution is 2.21. The molecule has 0 radical (unpaired) electrons. The number of carbonyl (C=O) groups excluding carboxylic acids is 1. The second-order valence-corrected chi connectivity index (χ2v) is 4.48. The van der Waals surface area contributed by atoms with Crippen LogP contribution in [0.15, 0.2) is 22.7 Å². The van der Waals surface area contributed by atoms with E-state index < -0.39 is 5.97 Å². The highest BCUT2D eigenvalue weighted by molar-refractivity contribution is 9.10. The summed E-state index contributed by atoms with van der Waals surface area (Å²) in [6.07, 6.45) is 0. The van der Waals surface area contributed by atoms with E-state index in [0.717, 1.165) is 0 Å². The lowest BCUT2D eigenvalue weighted by atomic mass is 10.1. The lowest BCUT2D eigenvalue weighted by molar-refractivity contribution is -0.119. The van der Waals surface area contributed by atoms with E-state index in [1.54, 1.807) is 19.1 Å². The Morgan fingerprint density at radius 3 is 2.71 bits per heavy atom. The number of nitrogens with two attached hydrogens (primary N) is 1. The van der Waals surface area contributed by atoms with Crippen LogP contribution in [0.5, 0.6) is 0 Å². The Morgan fingerprint density at radius 2 is 2.18 bits per heavy atom. The highest BCUT2D eigenvalue weighted by Gasteiger charge is 2.13. The average Bonchev–Trinajstić information content (AvgIpc) is 2.30. The van der Waals surface area contributed by atoms with Crippen molar-refractivity contribution < 1.29 is 14.7 Å². The van der Waals surface area contributed by atoms with E-state index in [1.807, 2.05) is 0 Å². The van der Waals surface area contributed by atoms with Crippen molar-refractivity contribution in [3.05, 3.63) is 28.2 Å². The standard InChI is InChI=1S/C11H13BrN2O3/c1-6(5-13)10(15)14-7-2-3-9(12)8(4-7)11(16)17/h2-4,6H,5,13H2,1H3,(H,14,15)(H,16,17). The number of carboxylic acids is 1. The number of hydrogen-bond donors (Lipinski definition) is 3. The van der Waals surface area contributed by atoms with Crippen LogP contribution in [0.25, 0.3) is 0 Å². The molecule has 0 aliphatic rings. The maximum absolute atomic E-state index is 11.6. The van der Waals surface area contributed by atoms with Gasteiger partial charge in [0.2, 0.25) is 5.91 Å². The van der Waals surface area contributed by atoms with Gasteiger partial charge in [-0.2, -0.15) is 0 Å². The number of anilines is 1. The van der Waals surface area contributed by atoms with E-state index in [9.17, 15) is 9.59 Å². The van der Waals surface area contributed by atoms with Crippen LogP contribution < -0.4 is 11.1 Å². The zero-order chi connectivity index (χ0) is 13.0. The van der Waals surface area contributed by atoms with E-state index in [1.165, 1.54) is 6.07 Å². The van der Waals surface area contributed by atoms with E-state index in [4.69, 9.17) is 10.8 Å². The number of hydrogen-bond acceptors (Lipinski definition) is 3. The number of aromatic carboxylic acids is 1. The number of rotatable bonds is 4. The molecule has 0 saturated carbocycles. The van der Waals surface area contributed by atoms with Crippen LogP contribution >= 0.6 is 15.9 Å². The predicted octanol–water partition coefficient (Wildman–Crippen LogP) is 1.68. The molecule has 5 nitrogen and oxygen atoms in total.